The normalized spacial score (nSPS) is 17.7. The molecule has 214 valence electrons. The molecule has 0 bridgehead atoms. The Morgan fingerprint density at radius 2 is 1.31 bits per heavy atom. The van der Waals surface area contributed by atoms with Gasteiger partial charge >= 0.3 is 11.9 Å². The first kappa shape index (κ1) is 33.9. The fourth-order valence-electron chi connectivity index (χ4n) is 4.74. The van der Waals surface area contributed by atoms with E-state index in [1.807, 2.05) is 0 Å². The van der Waals surface area contributed by atoms with Crippen LogP contribution in [0.3, 0.4) is 0 Å². The summed E-state index contributed by atoms with van der Waals surface area (Å²) in [4.78, 5) is 35.8. The van der Waals surface area contributed by atoms with Crippen LogP contribution in [-0.4, -0.2) is 37.7 Å². The Labute approximate surface area is 236 Å². The second-order valence-electron chi connectivity index (χ2n) is 10.3. The van der Waals surface area contributed by atoms with E-state index < -0.39 is 0 Å². The molecule has 0 amide bonds. The largest absolute Gasteiger partial charge is 0.477 e. The molecule has 0 saturated heterocycles. The van der Waals surface area contributed by atoms with E-state index in [0.717, 1.165) is 64.2 Å². The van der Waals surface area contributed by atoms with E-state index in [4.69, 9.17) is 20.6 Å². The molecule has 1 fully saturated rings. The minimum Gasteiger partial charge on any atom is -0.477 e. The molecule has 0 aromatic heterocycles. The zero-order valence-corrected chi connectivity index (χ0v) is 24.0. The van der Waals surface area contributed by atoms with Crippen molar-refractivity contribution in [3.05, 3.63) is 5.76 Å². The fraction of sp³-hybridized carbons (Fsp3) is 0.697. The molecule has 1 saturated carbocycles. The van der Waals surface area contributed by atoms with Crippen molar-refractivity contribution in [2.24, 2.45) is 17.8 Å². The molecule has 1 aliphatic rings. The van der Waals surface area contributed by atoms with E-state index in [1.54, 1.807) is 5.94 Å². The lowest BCUT2D eigenvalue weighted by atomic mass is 9.75. The van der Waals surface area contributed by atoms with Crippen LogP contribution >= 0.6 is 0 Å². The van der Waals surface area contributed by atoms with Gasteiger partial charge in [-0.2, -0.15) is 0 Å². The highest BCUT2D eigenvalue weighted by molar-refractivity contribution is 5.69. The van der Waals surface area contributed by atoms with Crippen molar-refractivity contribution in [2.75, 3.05) is 19.8 Å². The Bertz CT molecular complexity index is 931. The average Bonchev–Trinajstić information content (AvgIpc) is 2.94. The van der Waals surface area contributed by atoms with Crippen LogP contribution in [-0.2, 0) is 28.6 Å². The van der Waals surface area contributed by atoms with Gasteiger partial charge < -0.3 is 14.2 Å². The van der Waals surface area contributed by atoms with Crippen LogP contribution in [0, 0.1) is 53.8 Å². The minimum absolute atomic E-state index is 0.0302. The van der Waals surface area contributed by atoms with E-state index >= 15 is 0 Å². The number of rotatable bonds is 19. The van der Waals surface area contributed by atoms with E-state index in [1.165, 1.54) is 19.3 Å². The van der Waals surface area contributed by atoms with E-state index in [0.29, 0.717) is 19.4 Å². The van der Waals surface area contributed by atoms with Crippen molar-refractivity contribution >= 4 is 17.9 Å². The van der Waals surface area contributed by atoms with Gasteiger partial charge in [-0.05, 0) is 79.5 Å². The lowest BCUT2D eigenvalue weighted by Crippen LogP contribution is -2.34. The number of hydrogen-bond donors (Lipinski definition) is 0. The molecule has 0 heterocycles. The van der Waals surface area contributed by atoms with Crippen LogP contribution in [0.25, 0.3) is 0 Å². The summed E-state index contributed by atoms with van der Waals surface area (Å²) in [5, 5.41) is 0. The van der Waals surface area contributed by atoms with Gasteiger partial charge in [-0.15, -0.1) is 6.42 Å². The standard InChI is InChI=1S/C33H46O6/c1-4-7-10-13-16-19-32(35)38-25-28-21-22-29(26-37-31(24-34)18-15-12-9-6-3)30(23-28)27-39-33(36)20-17-14-11-8-5-2/h3,28-30H,4-5,7-8,10-11,13-14,16-17,19-23,25-27H2,1-2H3. The first-order valence-corrected chi connectivity index (χ1v) is 14.7. The van der Waals surface area contributed by atoms with Crippen molar-refractivity contribution < 1.29 is 28.6 Å². The molecule has 0 aromatic carbocycles. The molecule has 0 aliphatic heterocycles. The molecule has 1 rings (SSSR count). The third kappa shape index (κ3) is 17.1. The predicted octanol–water partition coefficient (Wildman–Crippen LogP) is 6.20. The maximum absolute atomic E-state index is 12.3. The predicted molar refractivity (Wildman–Crippen MR) is 153 cm³/mol. The summed E-state index contributed by atoms with van der Waals surface area (Å²) in [7, 11) is 0. The SMILES string of the molecule is C#CC#CC#CC(=C=O)OCC1CCC(COC(=O)CCCCCCC)CC1COC(=O)CCCCCCC. The first-order valence-electron chi connectivity index (χ1n) is 14.7. The molecule has 0 spiro atoms. The van der Waals surface area contributed by atoms with Gasteiger partial charge in [0.2, 0.25) is 0 Å². The molecular formula is C33H46O6. The van der Waals surface area contributed by atoms with E-state index in [2.05, 4.69) is 43.4 Å². The Hall–Kier alpha value is -3.13. The third-order valence-corrected chi connectivity index (χ3v) is 7.06. The minimum atomic E-state index is -0.186. The molecule has 3 unspecified atom stereocenters. The Kier molecular flexibility index (Phi) is 19.8. The summed E-state index contributed by atoms with van der Waals surface area (Å²) < 4.78 is 16.9. The Balaban J connectivity index is 2.63. The van der Waals surface area contributed by atoms with Gasteiger partial charge in [0.15, 0.2) is 5.94 Å². The van der Waals surface area contributed by atoms with Gasteiger partial charge in [-0.25, -0.2) is 4.79 Å². The molecule has 1 aliphatic carbocycles. The van der Waals surface area contributed by atoms with E-state index in [-0.39, 0.29) is 48.7 Å². The van der Waals surface area contributed by atoms with Crippen molar-refractivity contribution in [1.29, 1.82) is 0 Å². The number of ether oxygens (including phenoxy) is 3. The molecule has 0 aromatic rings. The highest BCUT2D eigenvalue weighted by Crippen LogP contribution is 2.35. The van der Waals surface area contributed by atoms with E-state index in [9.17, 15) is 14.4 Å². The van der Waals surface area contributed by atoms with Crippen LogP contribution in [0.1, 0.15) is 110 Å². The lowest BCUT2D eigenvalue weighted by Gasteiger charge is -2.35. The van der Waals surface area contributed by atoms with Crippen molar-refractivity contribution in [3.8, 4) is 36.0 Å². The van der Waals surface area contributed by atoms with Gasteiger partial charge in [0, 0.05) is 12.8 Å². The van der Waals surface area contributed by atoms with Gasteiger partial charge in [-0.3, -0.25) is 9.59 Å². The zero-order valence-electron chi connectivity index (χ0n) is 24.0. The topological polar surface area (TPSA) is 78.9 Å². The summed E-state index contributed by atoms with van der Waals surface area (Å²) in [5.41, 5.74) is 0. The van der Waals surface area contributed by atoms with Gasteiger partial charge in [0.1, 0.15) is 0 Å². The van der Waals surface area contributed by atoms with Crippen LogP contribution in [0.15, 0.2) is 5.76 Å². The van der Waals surface area contributed by atoms with Crippen LogP contribution in [0.4, 0.5) is 0 Å². The molecule has 3 atom stereocenters. The average molecular weight is 539 g/mol. The van der Waals surface area contributed by atoms with Gasteiger partial charge in [0.05, 0.1) is 19.8 Å². The van der Waals surface area contributed by atoms with Crippen LogP contribution < -0.4 is 0 Å². The molecular weight excluding hydrogens is 492 g/mol. The highest BCUT2D eigenvalue weighted by Gasteiger charge is 2.33. The second-order valence-corrected chi connectivity index (χ2v) is 10.3. The summed E-state index contributed by atoms with van der Waals surface area (Å²) in [6.07, 6.45) is 19.1. The quantitative estimate of drug-likeness (QED) is 0.0641. The number of terminal acetylenes is 1. The fourth-order valence-corrected chi connectivity index (χ4v) is 4.74. The first-order chi connectivity index (χ1) is 19.0. The number of esters is 2. The molecule has 6 heteroatoms. The summed E-state index contributed by atoms with van der Waals surface area (Å²) >= 11 is 0. The highest BCUT2D eigenvalue weighted by atomic mass is 16.5. The molecule has 39 heavy (non-hydrogen) atoms. The third-order valence-electron chi connectivity index (χ3n) is 7.06. The maximum Gasteiger partial charge on any atom is 0.305 e. The van der Waals surface area contributed by atoms with Crippen molar-refractivity contribution in [2.45, 2.75) is 110 Å². The Morgan fingerprint density at radius 1 is 0.718 bits per heavy atom. The molecule has 0 N–H and O–H groups in total. The van der Waals surface area contributed by atoms with Crippen molar-refractivity contribution in [3.63, 3.8) is 0 Å². The zero-order chi connectivity index (χ0) is 28.6. The monoisotopic (exact) mass is 538 g/mol. The lowest BCUT2D eigenvalue weighted by molar-refractivity contribution is -0.147. The molecule has 0 radical (unpaired) electrons. The van der Waals surface area contributed by atoms with Gasteiger partial charge in [-0.1, -0.05) is 65.2 Å². The number of allylic oxidation sites excluding steroid dienone is 1. The smallest absolute Gasteiger partial charge is 0.305 e. The number of carbonyl (C=O) groups is 2. The number of hydrogen-bond acceptors (Lipinski definition) is 6. The number of carbonyl (C=O) groups excluding carboxylic acids is 3. The maximum atomic E-state index is 12.3. The van der Waals surface area contributed by atoms with Crippen LogP contribution in [0.2, 0.25) is 0 Å². The summed E-state index contributed by atoms with van der Waals surface area (Å²) in [5.74, 6) is 13.5. The summed E-state index contributed by atoms with van der Waals surface area (Å²) in [6.45, 7) is 5.24. The summed E-state index contributed by atoms with van der Waals surface area (Å²) in [6, 6.07) is 0. The van der Waals surface area contributed by atoms with Gasteiger partial charge in [0.25, 0.3) is 5.76 Å². The second kappa shape index (κ2) is 22.8. The molecule has 6 nitrogen and oxygen atoms in total. The van der Waals surface area contributed by atoms with Crippen molar-refractivity contribution in [1.82, 2.24) is 0 Å². The number of unbranched alkanes of at least 4 members (excludes halogenated alkanes) is 8. The van der Waals surface area contributed by atoms with Crippen LogP contribution in [0.5, 0.6) is 0 Å². The Morgan fingerprint density at radius 3 is 1.90 bits per heavy atom.